The zero-order chi connectivity index (χ0) is 14.7. The molecule has 1 N–H and O–H groups in total. The van der Waals surface area contributed by atoms with E-state index in [2.05, 4.69) is 5.32 Å². The van der Waals surface area contributed by atoms with Crippen molar-refractivity contribution >= 4 is 11.6 Å². The van der Waals surface area contributed by atoms with Crippen molar-refractivity contribution in [2.24, 2.45) is 0 Å². The third-order valence-corrected chi connectivity index (χ3v) is 3.75. The molecule has 0 amide bonds. The summed E-state index contributed by atoms with van der Waals surface area (Å²) in [5.41, 5.74) is 1.81. The molecule has 1 nitrogen and oxygen atoms in total. The van der Waals surface area contributed by atoms with Crippen LogP contribution in [0.4, 0.5) is 8.78 Å². The number of hydrogen-bond donors (Lipinski definition) is 1. The van der Waals surface area contributed by atoms with Gasteiger partial charge in [-0.1, -0.05) is 29.8 Å². The van der Waals surface area contributed by atoms with Crippen molar-refractivity contribution in [1.29, 1.82) is 0 Å². The average Bonchev–Trinajstić information content (AvgIpc) is 2.42. The molecule has 0 spiro atoms. The fourth-order valence-corrected chi connectivity index (χ4v) is 2.41. The fourth-order valence-electron chi connectivity index (χ4n) is 2.20. The van der Waals surface area contributed by atoms with E-state index >= 15 is 0 Å². The number of halogens is 3. The maximum absolute atomic E-state index is 14.0. The molecular formula is C16H16ClF2N. The summed E-state index contributed by atoms with van der Waals surface area (Å²) >= 11 is 6.13. The van der Waals surface area contributed by atoms with Crippen LogP contribution in [0.5, 0.6) is 0 Å². The van der Waals surface area contributed by atoms with Gasteiger partial charge in [-0.15, -0.1) is 0 Å². The van der Waals surface area contributed by atoms with E-state index in [9.17, 15) is 8.78 Å². The predicted molar refractivity (Wildman–Crippen MR) is 78.1 cm³/mol. The zero-order valence-corrected chi connectivity index (χ0v) is 12.1. The smallest absolute Gasteiger partial charge is 0.130 e. The number of likely N-dealkylation sites (N-methyl/N-ethyl adjacent to an activating group) is 1. The molecule has 0 radical (unpaired) electrons. The van der Waals surface area contributed by atoms with Crippen molar-refractivity contribution < 1.29 is 8.78 Å². The Morgan fingerprint density at radius 2 is 1.85 bits per heavy atom. The van der Waals surface area contributed by atoms with E-state index in [-0.39, 0.29) is 6.04 Å². The van der Waals surface area contributed by atoms with Crippen LogP contribution in [-0.2, 0) is 6.42 Å². The lowest BCUT2D eigenvalue weighted by atomic mass is 9.97. The van der Waals surface area contributed by atoms with Crippen LogP contribution in [0.3, 0.4) is 0 Å². The van der Waals surface area contributed by atoms with Gasteiger partial charge in [0.05, 0.1) is 0 Å². The second-order valence-corrected chi connectivity index (χ2v) is 5.17. The predicted octanol–water partition coefficient (Wildman–Crippen LogP) is 4.43. The lowest BCUT2D eigenvalue weighted by Gasteiger charge is -2.19. The Bertz CT molecular complexity index is 613. The van der Waals surface area contributed by atoms with Crippen molar-refractivity contribution in [2.75, 3.05) is 7.05 Å². The minimum Gasteiger partial charge on any atom is -0.313 e. The van der Waals surface area contributed by atoms with E-state index in [4.69, 9.17) is 11.6 Å². The first kappa shape index (κ1) is 14.9. The average molecular weight is 296 g/mol. The maximum Gasteiger partial charge on any atom is 0.130 e. The van der Waals surface area contributed by atoms with Gasteiger partial charge < -0.3 is 5.32 Å². The number of benzene rings is 2. The van der Waals surface area contributed by atoms with Crippen LogP contribution in [0.15, 0.2) is 36.4 Å². The second kappa shape index (κ2) is 6.33. The van der Waals surface area contributed by atoms with E-state index in [0.717, 1.165) is 11.6 Å². The molecular weight excluding hydrogens is 280 g/mol. The Kier molecular flexibility index (Phi) is 4.73. The summed E-state index contributed by atoms with van der Waals surface area (Å²) in [4.78, 5) is 0. The molecule has 20 heavy (non-hydrogen) atoms. The molecule has 0 saturated carbocycles. The minimum atomic E-state index is -0.542. The van der Waals surface area contributed by atoms with Crippen LogP contribution >= 0.6 is 11.6 Å². The Labute approximate surface area is 122 Å². The molecule has 2 aromatic carbocycles. The van der Waals surface area contributed by atoms with E-state index in [1.54, 1.807) is 26.1 Å². The topological polar surface area (TPSA) is 12.0 Å². The summed E-state index contributed by atoms with van der Waals surface area (Å²) < 4.78 is 27.3. The minimum absolute atomic E-state index is 0.255. The van der Waals surface area contributed by atoms with Gasteiger partial charge in [0, 0.05) is 22.7 Å². The van der Waals surface area contributed by atoms with Gasteiger partial charge in [-0.05, 0) is 43.7 Å². The van der Waals surface area contributed by atoms with E-state index in [1.807, 2.05) is 18.2 Å². The van der Waals surface area contributed by atoms with Crippen LogP contribution < -0.4 is 5.32 Å². The molecule has 4 heteroatoms. The summed E-state index contributed by atoms with van der Waals surface area (Å²) in [6.07, 6.45) is 0.540. The molecule has 0 heterocycles. The van der Waals surface area contributed by atoms with Gasteiger partial charge in [-0.25, -0.2) is 8.78 Å². The SMILES string of the molecule is CNC(Cc1ccccc1Cl)c1cc(C)c(F)cc1F. The molecule has 2 rings (SSSR count). The first-order valence-corrected chi connectivity index (χ1v) is 6.77. The van der Waals surface area contributed by atoms with Gasteiger partial charge in [0.15, 0.2) is 0 Å². The molecule has 0 aliphatic carbocycles. The Balaban J connectivity index is 2.34. The monoisotopic (exact) mass is 295 g/mol. The summed E-state index contributed by atoms with van der Waals surface area (Å²) in [7, 11) is 1.75. The van der Waals surface area contributed by atoms with Crippen LogP contribution in [0, 0.1) is 18.6 Å². The highest BCUT2D eigenvalue weighted by molar-refractivity contribution is 6.31. The highest BCUT2D eigenvalue weighted by Gasteiger charge is 2.17. The Hall–Kier alpha value is -1.45. The van der Waals surface area contributed by atoms with Gasteiger partial charge in [0.1, 0.15) is 11.6 Å². The Morgan fingerprint density at radius 1 is 1.15 bits per heavy atom. The van der Waals surface area contributed by atoms with E-state index in [0.29, 0.717) is 22.6 Å². The van der Waals surface area contributed by atoms with Crippen molar-refractivity contribution in [3.63, 3.8) is 0 Å². The highest BCUT2D eigenvalue weighted by atomic mass is 35.5. The lowest BCUT2D eigenvalue weighted by molar-refractivity contribution is 0.519. The maximum atomic E-state index is 14.0. The lowest BCUT2D eigenvalue weighted by Crippen LogP contribution is -2.20. The summed E-state index contributed by atoms with van der Waals surface area (Å²) in [5.74, 6) is -1.07. The van der Waals surface area contributed by atoms with Crippen molar-refractivity contribution in [3.8, 4) is 0 Å². The van der Waals surface area contributed by atoms with Crippen molar-refractivity contribution in [2.45, 2.75) is 19.4 Å². The third-order valence-electron chi connectivity index (χ3n) is 3.38. The molecule has 2 aromatic rings. The van der Waals surface area contributed by atoms with Crippen molar-refractivity contribution in [1.82, 2.24) is 5.32 Å². The molecule has 0 fully saturated rings. The van der Waals surface area contributed by atoms with Gasteiger partial charge in [-0.2, -0.15) is 0 Å². The van der Waals surface area contributed by atoms with Crippen molar-refractivity contribution in [3.05, 3.63) is 69.7 Å². The quantitative estimate of drug-likeness (QED) is 0.880. The van der Waals surface area contributed by atoms with Gasteiger partial charge in [-0.3, -0.25) is 0 Å². The van der Waals surface area contributed by atoms with Crippen LogP contribution in [-0.4, -0.2) is 7.05 Å². The first-order valence-electron chi connectivity index (χ1n) is 6.39. The summed E-state index contributed by atoms with van der Waals surface area (Å²) in [5, 5.41) is 3.71. The molecule has 0 aliphatic heterocycles. The molecule has 106 valence electrons. The number of nitrogens with one attached hydrogen (secondary N) is 1. The normalized spacial score (nSPS) is 12.4. The van der Waals surface area contributed by atoms with Gasteiger partial charge in [0.25, 0.3) is 0 Å². The van der Waals surface area contributed by atoms with Crippen LogP contribution in [0.25, 0.3) is 0 Å². The number of aryl methyl sites for hydroxylation is 1. The number of hydrogen-bond acceptors (Lipinski definition) is 1. The second-order valence-electron chi connectivity index (χ2n) is 4.76. The molecule has 0 aliphatic rings. The highest BCUT2D eigenvalue weighted by Crippen LogP contribution is 2.26. The van der Waals surface area contributed by atoms with E-state index < -0.39 is 11.6 Å². The molecule has 0 bridgehead atoms. The summed E-state index contributed by atoms with van der Waals surface area (Å²) in [6.45, 7) is 1.63. The van der Waals surface area contributed by atoms with Crippen LogP contribution in [0.1, 0.15) is 22.7 Å². The van der Waals surface area contributed by atoms with Crippen LogP contribution in [0.2, 0.25) is 5.02 Å². The van der Waals surface area contributed by atoms with E-state index in [1.165, 1.54) is 0 Å². The fraction of sp³-hybridized carbons (Fsp3) is 0.250. The molecule has 1 unspecified atom stereocenters. The first-order chi connectivity index (χ1) is 9.52. The largest absolute Gasteiger partial charge is 0.313 e. The summed E-state index contributed by atoms with van der Waals surface area (Å²) in [6, 6.07) is 9.67. The third kappa shape index (κ3) is 3.17. The molecule has 0 saturated heterocycles. The zero-order valence-electron chi connectivity index (χ0n) is 11.4. The number of rotatable bonds is 4. The van der Waals surface area contributed by atoms with Gasteiger partial charge >= 0.3 is 0 Å². The van der Waals surface area contributed by atoms with Gasteiger partial charge in [0.2, 0.25) is 0 Å². The molecule has 1 atom stereocenters. The Morgan fingerprint density at radius 3 is 2.50 bits per heavy atom. The molecule has 0 aromatic heterocycles. The standard InChI is InChI=1S/C16H16ClF2N/c1-10-7-12(15(19)9-14(10)18)16(20-2)8-11-5-3-4-6-13(11)17/h3-7,9,16,20H,8H2,1-2H3.